The van der Waals surface area contributed by atoms with Crippen LogP contribution in [0.15, 0.2) is 0 Å². The molecule has 15 heteroatoms. The molecule has 0 aromatic carbocycles. The van der Waals surface area contributed by atoms with Gasteiger partial charge in [-0.05, 0) is 52.1 Å². The molecule has 0 aromatic rings. The number of amides is 3. The molecule has 12 nitrogen and oxygen atoms in total. The highest BCUT2D eigenvalue weighted by molar-refractivity contribution is 5.83. The summed E-state index contributed by atoms with van der Waals surface area (Å²) in [7, 11) is 0. The maximum atomic E-state index is 12.0. The maximum absolute atomic E-state index is 12.0. The van der Waals surface area contributed by atoms with E-state index in [4.69, 9.17) is 32.5 Å². The molecule has 0 bridgehead atoms. The van der Waals surface area contributed by atoms with Crippen molar-refractivity contribution < 1.29 is 32.7 Å². The highest BCUT2D eigenvalue weighted by atomic mass is 19.4. The topological polar surface area (TPSA) is 213 Å². The number of guanidine groups is 1. The molecule has 0 heterocycles. The third kappa shape index (κ3) is 25.6. The molecule has 0 rings (SSSR count). The van der Waals surface area contributed by atoms with E-state index in [0.717, 1.165) is 58.0 Å². The Balaban J connectivity index is 0. The zero-order valence-corrected chi connectivity index (χ0v) is 20.3. The zero-order chi connectivity index (χ0) is 27.3. The quantitative estimate of drug-likeness (QED) is 0.0764. The smallest absolute Gasteiger partial charge is 0.475 e. The van der Waals surface area contributed by atoms with Gasteiger partial charge in [-0.1, -0.05) is 12.8 Å². The number of carboxylic acids is 1. The third-order valence-electron chi connectivity index (χ3n) is 4.44. The fraction of sp³-hybridized carbons (Fsp3) is 0.800. The number of carbonyl (C=O) groups is 3. The summed E-state index contributed by atoms with van der Waals surface area (Å²) in [6.45, 7) is 5.45. The van der Waals surface area contributed by atoms with Gasteiger partial charge in [-0.15, -0.1) is 0 Å². The Morgan fingerprint density at radius 3 is 1.91 bits per heavy atom. The van der Waals surface area contributed by atoms with Gasteiger partial charge in [0.25, 0.3) is 0 Å². The number of carboxylic acid groups (broad SMARTS) is 1. The molecule has 0 aliphatic rings. The lowest BCUT2D eigenvalue weighted by molar-refractivity contribution is -0.192. The number of primary amides is 1. The van der Waals surface area contributed by atoms with Crippen LogP contribution in [-0.4, -0.2) is 85.4 Å². The summed E-state index contributed by atoms with van der Waals surface area (Å²) in [6.07, 6.45) is 1.33. The number of nitrogens with one attached hydrogen (secondary N) is 4. The van der Waals surface area contributed by atoms with Crippen molar-refractivity contribution in [3.8, 4) is 0 Å². The lowest BCUT2D eigenvalue weighted by atomic mass is 10.2. The van der Waals surface area contributed by atoms with Crippen LogP contribution < -0.4 is 33.2 Å². The molecule has 206 valence electrons. The van der Waals surface area contributed by atoms with Crippen molar-refractivity contribution in [2.75, 3.05) is 39.3 Å². The molecule has 1 unspecified atom stereocenters. The average molecular weight is 515 g/mol. The Morgan fingerprint density at radius 2 is 1.46 bits per heavy atom. The van der Waals surface area contributed by atoms with E-state index in [-0.39, 0.29) is 24.5 Å². The van der Waals surface area contributed by atoms with E-state index in [1.807, 2.05) is 6.92 Å². The Morgan fingerprint density at radius 1 is 0.943 bits per heavy atom. The first kappa shape index (κ1) is 34.4. The molecule has 35 heavy (non-hydrogen) atoms. The highest BCUT2D eigenvalue weighted by Gasteiger charge is 2.38. The van der Waals surface area contributed by atoms with Gasteiger partial charge in [0.05, 0.1) is 0 Å². The monoisotopic (exact) mass is 514 g/mol. The third-order valence-corrected chi connectivity index (χ3v) is 4.44. The summed E-state index contributed by atoms with van der Waals surface area (Å²) < 4.78 is 31.7. The summed E-state index contributed by atoms with van der Waals surface area (Å²) in [5, 5.41) is 23.1. The van der Waals surface area contributed by atoms with Crippen LogP contribution in [0.1, 0.15) is 51.9 Å². The van der Waals surface area contributed by atoms with Gasteiger partial charge in [0, 0.05) is 25.7 Å². The van der Waals surface area contributed by atoms with Gasteiger partial charge >= 0.3 is 18.2 Å². The van der Waals surface area contributed by atoms with Gasteiger partial charge < -0.3 is 43.2 Å². The normalized spacial score (nSPS) is 11.6. The number of urea groups is 1. The first-order valence-corrected chi connectivity index (χ1v) is 11.4. The van der Waals surface area contributed by atoms with Crippen molar-refractivity contribution in [1.82, 2.24) is 20.9 Å². The molecular formula is C20H41F3N8O4. The zero-order valence-electron chi connectivity index (χ0n) is 20.3. The second kappa shape index (κ2) is 20.6. The van der Waals surface area contributed by atoms with Crippen molar-refractivity contribution in [3.05, 3.63) is 0 Å². The molecular weight excluding hydrogens is 473 g/mol. The second-order valence-corrected chi connectivity index (χ2v) is 7.89. The number of hydrogen-bond acceptors (Lipinski definition) is 6. The van der Waals surface area contributed by atoms with E-state index in [0.29, 0.717) is 19.6 Å². The van der Waals surface area contributed by atoms with Gasteiger partial charge in [-0.2, -0.15) is 13.2 Å². The number of nitrogens with two attached hydrogens (primary N) is 3. The number of rotatable bonds is 17. The first-order chi connectivity index (χ1) is 16.3. The second-order valence-electron chi connectivity index (χ2n) is 7.89. The first-order valence-electron chi connectivity index (χ1n) is 11.4. The van der Waals surface area contributed by atoms with E-state index in [2.05, 4.69) is 16.0 Å². The Bertz CT molecular complexity index is 622. The molecule has 0 saturated heterocycles. The van der Waals surface area contributed by atoms with Crippen molar-refractivity contribution in [3.63, 3.8) is 0 Å². The van der Waals surface area contributed by atoms with E-state index in [1.54, 1.807) is 0 Å². The summed E-state index contributed by atoms with van der Waals surface area (Å²) in [5.41, 5.74) is 16.3. The van der Waals surface area contributed by atoms with Crippen LogP contribution in [0.5, 0.6) is 0 Å². The summed E-state index contributed by atoms with van der Waals surface area (Å²) in [5.74, 6) is -2.96. The fourth-order valence-corrected chi connectivity index (χ4v) is 2.56. The summed E-state index contributed by atoms with van der Waals surface area (Å²) >= 11 is 0. The van der Waals surface area contributed by atoms with Crippen LogP contribution in [-0.2, 0) is 9.59 Å². The number of unbranched alkanes of at least 4 members (excludes halogenated alkanes) is 4. The molecule has 0 aliphatic carbocycles. The number of carbonyl (C=O) groups excluding carboxylic acids is 2. The van der Waals surface area contributed by atoms with Gasteiger partial charge in [0.2, 0.25) is 5.91 Å². The molecule has 0 radical (unpaired) electrons. The van der Waals surface area contributed by atoms with Gasteiger partial charge in [0.1, 0.15) is 6.54 Å². The van der Waals surface area contributed by atoms with Crippen molar-refractivity contribution in [2.24, 2.45) is 17.2 Å². The molecule has 0 aliphatic heterocycles. The maximum Gasteiger partial charge on any atom is 0.490 e. The van der Waals surface area contributed by atoms with E-state index < -0.39 is 18.2 Å². The SMILES string of the molecule is CC(N)CCNCCCCN(CC(=O)NCCCCCCNC(=N)N)C(N)=O.O=C(O)C(F)(F)F. The molecule has 0 saturated carbocycles. The van der Waals surface area contributed by atoms with Gasteiger partial charge in [0.15, 0.2) is 5.96 Å². The minimum absolute atomic E-state index is 0.00399. The van der Waals surface area contributed by atoms with Crippen LogP contribution in [0.4, 0.5) is 18.0 Å². The van der Waals surface area contributed by atoms with Crippen LogP contribution in [0.2, 0.25) is 0 Å². The molecule has 11 N–H and O–H groups in total. The molecule has 0 fully saturated rings. The lowest BCUT2D eigenvalue weighted by Gasteiger charge is -2.20. The largest absolute Gasteiger partial charge is 0.490 e. The summed E-state index contributed by atoms with van der Waals surface area (Å²) in [6, 6.07) is -0.377. The predicted molar refractivity (Wildman–Crippen MR) is 127 cm³/mol. The minimum atomic E-state index is -5.08. The molecule has 3 amide bonds. The van der Waals surface area contributed by atoms with E-state index in [9.17, 15) is 22.8 Å². The van der Waals surface area contributed by atoms with Crippen LogP contribution in [0.25, 0.3) is 0 Å². The van der Waals surface area contributed by atoms with Crippen molar-refractivity contribution >= 4 is 23.9 Å². The average Bonchev–Trinajstić information content (AvgIpc) is 2.73. The number of halogens is 3. The molecule has 0 spiro atoms. The highest BCUT2D eigenvalue weighted by Crippen LogP contribution is 2.13. The Labute approximate surface area is 204 Å². The van der Waals surface area contributed by atoms with Crippen LogP contribution >= 0.6 is 0 Å². The van der Waals surface area contributed by atoms with Crippen molar-refractivity contribution in [1.29, 1.82) is 5.41 Å². The van der Waals surface area contributed by atoms with E-state index >= 15 is 0 Å². The molecule has 1 atom stereocenters. The Hall–Kier alpha value is -2.81. The van der Waals surface area contributed by atoms with E-state index in [1.165, 1.54) is 4.90 Å². The number of alkyl halides is 3. The standard InChI is InChI=1S/C18H40N8O2.C2HF3O2/c1-15(19)8-12-23-9-6-7-13-26(18(22)28)14-16(27)24-10-4-2-3-5-11-25-17(20)21;3-2(4,5)1(6)7/h15,23H,2-14,19H2,1H3,(H2,22,28)(H,24,27)(H4,20,21,25);(H,6,7). The summed E-state index contributed by atoms with van der Waals surface area (Å²) in [4.78, 5) is 33.8. The molecule has 0 aromatic heterocycles. The number of aliphatic carboxylic acids is 1. The predicted octanol–water partition coefficient (Wildman–Crippen LogP) is 0.267. The minimum Gasteiger partial charge on any atom is -0.475 e. The number of hydrogen-bond donors (Lipinski definition) is 8. The van der Waals surface area contributed by atoms with Crippen LogP contribution in [0, 0.1) is 5.41 Å². The fourth-order valence-electron chi connectivity index (χ4n) is 2.56. The van der Waals surface area contributed by atoms with Crippen molar-refractivity contribution in [2.45, 2.75) is 64.1 Å². The lowest BCUT2D eigenvalue weighted by Crippen LogP contribution is -2.44. The Kier molecular flexibility index (Phi) is 20.2. The van der Waals surface area contributed by atoms with Crippen LogP contribution in [0.3, 0.4) is 0 Å². The number of nitrogens with zero attached hydrogens (tertiary/aromatic N) is 1. The van der Waals surface area contributed by atoms with Gasteiger partial charge in [-0.25, -0.2) is 9.59 Å². The van der Waals surface area contributed by atoms with Gasteiger partial charge in [-0.3, -0.25) is 10.2 Å².